The molecule has 0 aliphatic rings. The van der Waals surface area contributed by atoms with Crippen molar-refractivity contribution in [3.63, 3.8) is 0 Å². The summed E-state index contributed by atoms with van der Waals surface area (Å²) < 4.78 is 10.3. The molecule has 0 atom stereocenters. The Morgan fingerprint density at radius 3 is 2.45 bits per heavy atom. The SMILES string of the molecule is COC(=O)c1ccc(Oc2ccc(C)cc2C#N)cc1. The molecule has 0 amide bonds. The summed E-state index contributed by atoms with van der Waals surface area (Å²) in [7, 11) is 1.33. The van der Waals surface area contributed by atoms with Gasteiger partial charge < -0.3 is 9.47 Å². The van der Waals surface area contributed by atoms with E-state index < -0.39 is 5.97 Å². The molecule has 0 N–H and O–H groups in total. The fraction of sp³-hybridized carbons (Fsp3) is 0.125. The number of hydrogen-bond acceptors (Lipinski definition) is 4. The molecular formula is C16H13NO3. The monoisotopic (exact) mass is 267 g/mol. The van der Waals surface area contributed by atoms with E-state index in [2.05, 4.69) is 10.8 Å². The quantitative estimate of drug-likeness (QED) is 0.799. The molecule has 0 aliphatic carbocycles. The molecule has 0 bridgehead atoms. The zero-order chi connectivity index (χ0) is 14.5. The number of ether oxygens (including phenoxy) is 2. The van der Waals surface area contributed by atoms with Crippen LogP contribution in [0.3, 0.4) is 0 Å². The van der Waals surface area contributed by atoms with Gasteiger partial charge in [0.15, 0.2) is 0 Å². The summed E-state index contributed by atoms with van der Waals surface area (Å²) in [5.74, 6) is 0.645. The summed E-state index contributed by atoms with van der Waals surface area (Å²) >= 11 is 0. The number of nitrogens with zero attached hydrogens (tertiary/aromatic N) is 1. The summed E-state index contributed by atoms with van der Waals surface area (Å²) in [4.78, 5) is 11.3. The third-order valence-corrected chi connectivity index (χ3v) is 2.76. The van der Waals surface area contributed by atoms with E-state index in [-0.39, 0.29) is 0 Å². The molecule has 0 aromatic heterocycles. The van der Waals surface area contributed by atoms with Gasteiger partial charge in [0.2, 0.25) is 0 Å². The Bertz CT molecular complexity index is 669. The van der Waals surface area contributed by atoms with Gasteiger partial charge in [-0.15, -0.1) is 0 Å². The number of benzene rings is 2. The first kappa shape index (κ1) is 13.6. The first-order valence-corrected chi connectivity index (χ1v) is 6.01. The molecule has 0 saturated carbocycles. The molecule has 20 heavy (non-hydrogen) atoms. The van der Waals surface area contributed by atoms with Crippen LogP contribution >= 0.6 is 0 Å². The van der Waals surface area contributed by atoms with Gasteiger partial charge in [0, 0.05) is 0 Å². The largest absolute Gasteiger partial charge is 0.465 e. The van der Waals surface area contributed by atoms with Gasteiger partial charge in [-0.05, 0) is 48.9 Å². The molecular weight excluding hydrogens is 254 g/mol. The molecule has 4 heteroatoms. The van der Waals surface area contributed by atoms with Crippen LogP contribution in [0.1, 0.15) is 21.5 Å². The molecule has 0 unspecified atom stereocenters. The van der Waals surface area contributed by atoms with E-state index in [1.165, 1.54) is 7.11 Å². The van der Waals surface area contributed by atoms with Crippen molar-refractivity contribution in [1.29, 1.82) is 5.26 Å². The van der Waals surface area contributed by atoms with Gasteiger partial charge in [-0.25, -0.2) is 4.79 Å². The number of carbonyl (C=O) groups excluding carboxylic acids is 1. The molecule has 0 radical (unpaired) electrons. The van der Waals surface area contributed by atoms with E-state index in [1.54, 1.807) is 36.4 Å². The minimum absolute atomic E-state index is 0.399. The highest BCUT2D eigenvalue weighted by Gasteiger charge is 2.07. The van der Waals surface area contributed by atoms with E-state index in [1.807, 2.05) is 13.0 Å². The first-order chi connectivity index (χ1) is 9.63. The molecule has 0 fully saturated rings. The highest BCUT2D eigenvalue weighted by molar-refractivity contribution is 5.89. The van der Waals surface area contributed by atoms with Crippen molar-refractivity contribution in [2.45, 2.75) is 6.92 Å². The molecule has 0 heterocycles. The normalized spacial score (nSPS) is 9.65. The second-order valence-electron chi connectivity index (χ2n) is 4.23. The van der Waals surface area contributed by atoms with Crippen LogP contribution in [0.5, 0.6) is 11.5 Å². The third-order valence-electron chi connectivity index (χ3n) is 2.76. The molecule has 2 rings (SSSR count). The van der Waals surface area contributed by atoms with Crippen LogP contribution in [0.4, 0.5) is 0 Å². The lowest BCUT2D eigenvalue weighted by molar-refractivity contribution is 0.0600. The number of carbonyl (C=O) groups is 1. The van der Waals surface area contributed by atoms with Crippen molar-refractivity contribution in [1.82, 2.24) is 0 Å². The van der Waals surface area contributed by atoms with Crippen LogP contribution in [-0.2, 0) is 4.74 Å². The summed E-state index contributed by atoms with van der Waals surface area (Å²) in [5.41, 5.74) is 1.92. The van der Waals surface area contributed by atoms with Gasteiger partial charge in [0.1, 0.15) is 17.6 Å². The van der Waals surface area contributed by atoms with Gasteiger partial charge in [-0.2, -0.15) is 5.26 Å². The Morgan fingerprint density at radius 1 is 1.15 bits per heavy atom. The summed E-state index contributed by atoms with van der Waals surface area (Å²) in [6.07, 6.45) is 0. The maximum absolute atomic E-state index is 11.3. The summed E-state index contributed by atoms with van der Waals surface area (Å²) in [6.45, 7) is 1.91. The molecule has 4 nitrogen and oxygen atoms in total. The topological polar surface area (TPSA) is 59.3 Å². The highest BCUT2D eigenvalue weighted by atomic mass is 16.5. The highest BCUT2D eigenvalue weighted by Crippen LogP contribution is 2.26. The maximum Gasteiger partial charge on any atom is 0.337 e. The van der Waals surface area contributed by atoms with E-state index in [0.29, 0.717) is 22.6 Å². The average molecular weight is 267 g/mol. The number of aryl methyl sites for hydroxylation is 1. The predicted molar refractivity (Wildman–Crippen MR) is 73.7 cm³/mol. The minimum Gasteiger partial charge on any atom is -0.465 e. The van der Waals surface area contributed by atoms with Gasteiger partial charge in [0.25, 0.3) is 0 Å². The van der Waals surface area contributed by atoms with E-state index in [9.17, 15) is 4.79 Å². The maximum atomic E-state index is 11.3. The van der Waals surface area contributed by atoms with Crippen LogP contribution in [-0.4, -0.2) is 13.1 Å². The summed E-state index contributed by atoms with van der Waals surface area (Å²) in [6, 6.07) is 14.0. The Balaban J connectivity index is 2.23. The van der Waals surface area contributed by atoms with Crippen LogP contribution in [0.15, 0.2) is 42.5 Å². The standard InChI is InChI=1S/C16H13NO3/c1-11-3-8-15(13(9-11)10-17)20-14-6-4-12(5-7-14)16(18)19-2/h3-9H,1-2H3. The molecule has 0 saturated heterocycles. The van der Waals surface area contributed by atoms with Crippen LogP contribution in [0, 0.1) is 18.3 Å². The van der Waals surface area contributed by atoms with E-state index >= 15 is 0 Å². The van der Waals surface area contributed by atoms with Crippen LogP contribution in [0.2, 0.25) is 0 Å². The fourth-order valence-corrected chi connectivity index (χ4v) is 1.72. The number of methoxy groups -OCH3 is 1. The summed E-state index contributed by atoms with van der Waals surface area (Å²) in [5, 5.41) is 9.08. The van der Waals surface area contributed by atoms with Gasteiger partial charge in [0.05, 0.1) is 18.2 Å². The second-order valence-corrected chi connectivity index (χ2v) is 4.23. The van der Waals surface area contributed by atoms with E-state index in [4.69, 9.17) is 10.00 Å². The molecule has 0 spiro atoms. The fourth-order valence-electron chi connectivity index (χ4n) is 1.72. The molecule has 0 aliphatic heterocycles. The number of esters is 1. The Kier molecular flexibility index (Phi) is 4.02. The lowest BCUT2D eigenvalue weighted by Crippen LogP contribution is -2.00. The zero-order valence-corrected chi connectivity index (χ0v) is 11.2. The van der Waals surface area contributed by atoms with Crippen molar-refractivity contribution >= 4 is 5.97 Å². The molecule has 100 valence electrons. The smallest absolute Gasteiger partial charge is 0.337 e. The lowest BCUT2D eigenvalue weighted by Gasteiger charge is -2.08. The van der Waals surface area contributed by atoms with Crippen molar-refractivity contribution in [2.24, 2.45) is 0 Å². The van der Waals surface area contributed by atoms with Gasteiger partial charge in [-0.3, -0.25) is 0 Å². The van der Waals surface area contributed by atoms with Crippen molar-refractivity contribution in [3.05, 3.63) is 59.2 Å². The number of hydrogen-bond donors (Lipinski definition) is 0. The number of rotatable bonds is 3. The molecule has 2 aromatic rings. The number of nitriles is 1. The third kappa shape index (κ3) is 2.96. The second kappa shape index (κ2) is 5.89. The van der Waals surface area contributed by atoms with E-state index in [0.717, 1.165) is 5.56 Å². The average Bonchev–Trinajstić information content (AvgIpc) is 2.49. The van der Waals surface area contributed by atoms with Crippen LogP contribution in [0.25, 0.3) is 0 Å². The predicted octanol–water partition coefficient (Wildman–Crippen LogP) is 3.45. The Labute approximate surface area is 117 Å². The lowest BCUT2D eigenvalue weighted by atomic mass is 10.1. The molecule has 2 aromatic carbocycles. The Morgan fingerprint density at radius 2 is 1.85 bits per heavy atom. The van der Waals surface area contributed by atoms with Crippen molar-refractivity contribution < 1.29 is 14.3 Å². The van der Waals surface area contributed by atoms with Crippen molar-refractivity contribution in [3.8, 4) is 17.6 Å². The van der Waals surface area contributed by atoms with Crippen LogP contribution < -0.4 is 4.74 Å². The van der Waals surface area contributed by atoms with Gasteiger partial charge in [-0.1, -0.05) is 6.07 Å². The first-order valence-electron chi connectivity index (χ1n) is 6.01. The minimum atomic E-state index is -0.399. The Hall–Kier alpha value is -2.80. The van der Waals surface area contributed by atoms with Crippen molar-refractivity contribution in [2.75, 3.05) is 7.11 Å². The van der Waals surface area contributed by atoms with Gasteiger partial charge >= 0.3 is 5.97 Å². The zero-order valence-electron chi connectivity index (χ0n) is 11.2.